The zero-order valence-corrected chi connectivity index (χ0v) is 7.61. The van der Waals surface area contributed by atoms with Crippen LogP contribution in [0.25, 0.3) is 0 Å². The fraction of sp³-hybridized carbons (Fsp3) is 0. The lowest BCUT2D eigenvalue weighted by Crippen LogP contribution is -1.97. The molecule has 0 atom stereocenters. The highest BCUT2D eigenvalue weighted by molar-refractivity contribution is 5.65. The lowest BCUT2D eigenvalue weighted by Gasteiger charge is -1.99. The van der Waals surface area contributed by atoms with Crippen LogP contribution in [-0.2, 0) is 4.79 Å². The van der Waals surface area contributed by atoms with Gasteiger partial charge >= 0.3 is 5.69 Å². The molecule has 0 heterocycles. The second-order valence-corrected chi connectivity index (χ2v) is 2.53. The van der Waals surface area contributed by atoms with Crippen LogP contribution in [0.3, 0.4) is 0 Å². The number of hydrazone groups is 1. The molecule has 1 aromatic carbocycles. The van der Waals surface area contributed by atoms with Crippen LogP contribution in [0.1, 0.15) is 0 Å². The Bertz CT molecular complexity index is 494. The standard InChI is InChI=1S/C7H4N4O5/c12-4-8-9-6-2-1-5(10(13)14)3-7(6)11(15)16/h1-3,9H. The van der Waals surface area contributed by atoms with Crippen molar-refractivity contribution in [1.29, 1.82) is 0 Å². The van der Waals surface area contributed by atoms with E-state index in [4.69, 9.17) is 0 Å². The zero-order valence-electron chi connectivity index (χ0n) is 7.61. The quantitative estimate of drug-likeness (QED) is 0.353. The molecule has 0 aliphatic carbocycles. The summed E-state index contributed by atoms with van der Waals surface area (Å²) in [6, 6.07) is 2.90. The number of hydrogen-bond donors (Lipinski definition) is 1. The first-order chi connectivity index (χ1) is 7.56. The van der Waals surface area contributed by atoms with E-state index < -0.39 is 21.2 Å². The van der Waals surface area contributed by atoms with E-state index in [1.165, 1.54) is 0 Å². The lowest BCUT2D eigenvalue weighted by molar-refractivity contribution is -0.393. The highest BCUT2D eigenvalue weighted by atomic mass is 16.6. The highest BCUT2D eigenvalue weighted by Gasteiger charge is 2.18. The number of hydrogen-bond acceptors (Lipinski definition) is 7. The van der Waals surface area contributed by atoms with E-state index in [0.717, 1.165) is 24.3 Å². The Hall–Kier alpha value is -2.80. The smallest absolute Gasteiger partial charge is 0.260 e. The summed E-state index contributed by atoms with van der Waals surface area (Å²) in [5.41, 5.74) is 0.950. The van der Waals surface area contributed by atoms with E-state index in [1.54, 1.807) is 0 Å². The molecule has 0 unspecified atom stereocenters. The summed E-state index contributed by atoms with van der Waals surface area (Å²) < 4.78 is 0. The van der Waals surface area contributed by atoms with Gasteiger partial charge in [-0.05, 0) is 6.07 Å². The van der Waals surface area contributed by atoms with Gasteiger partial charge in [0.2, 0.25) is 0 Å². The van der Waals surface area contributed by atoms with Gasteiger partial charge in [0, 0.05) is 6.07 Å². The van der Waals surface area contributed by atoms with E-state index in [-0.39, 0.29) is 5.69 Å². The van der Waals surface area contributed by atoms with Crippen LogP contribution in [-0.4, -0.2) is 15.9 Å². The summed E-state index contributed by atoms with van der Waals surface area (Å²) in [5, 5.41) is 23.9. The van der Waals surface area contributed by atoms with Gasteiger partial charge in [-0.3, -0.25) is 25.7 Å². The summed E-state index contributed by atoms with van der Waals surface area (Å²) in [7, 11) is 0. The topological polar surface area (TPSA) is 128 Å². The number of anilines is 1. The fourth-order valence-corrected chi connectivity index (χ4v) is 0.962. The maximum atomic E-state index is 10.6. The average Bonchev–Trinajstić information content (AvgIpc) is 2.25. The maximum Gasteiger partial charge on any atom is 0.301 e. The number of isocyanates is 1. The molecular formula is C7H4N4O5. The van der Waals surface area contributed by atoms with Gasteiger partial charge in [-0.1, -0.05) is 5.10 Å². The molecule has 0 aliphatic rings. The van der Waals surface area contributed by atoms with Crippen LogP contribution >= 0.6 is 0 Å². The summed E-state index contributed by atoms with van der Waals surface area (Å²) in [6.07, 6.45) is 1.13. The molecule has 16 heavy (non-hydrogen) atoms. The number of benzene rings is 1. The van der Waals surface area contributed by atoms with E-state index in [2.05, 4.69) is 5.10 Å². The molecular weight excluding hydrogens is 220 g/mol. The first-order valence-corrected chi connectivity index (χ1v) is 3.82. The molecule has 0 radical (unpaired) electrons. The van der Waals surface area contributed by atoms with Crippen LogP contribution in [0.15, 0.2) is 23.3 Å². The zero-order chi connectivity index (χ0) is 12.1. The van der Waals surface area contributed by atoms with E-state index >= 15 is 0 Å². The number of nitrogens with one attached hydrogen (secondary N) is 1. The van der Waals surface area contributed by atoms with Crippen molar-refractivity contribution in [3.63, 3.8) is 0 Å². The fourth-order valence-electron chi connectivity index (χ4n) is 0.962. The molecule has 0 fully saturated rings. The minimum atomic E-state index is -0.824. The minimum Gasteiger partial charge on any atom is -0.260 e. The van der Waals surface area contributed by atoms with Crippen LogP contribution in [0, 0.1) is 20.2 Å². The molecule has 0 bridgehead atoms. The number of rotatable bonds is 4. The van der Waals surface area contributed by atoms with E-state index in [9.17, 15) is 25.0 Å². The first kappa shape index (κ1) is 11.3. The average molecular weight is 224 g/mol. The second kappa shape index (κ2) is 4.62. The summed E-state index contributed by atoms with van der Waals surface area (Å²) in [6.45, 7) is 0. The summed E-state index contributed by atoms with van der Waals surface area (Å²) in [5.74, 6) is 0. The Balaban J connectivity index is 3.24. The van der Waals surface area contributed by atoms with Gasteiger partial charge in [0.1, 0.15) is 5.69 Å². The van der Waals surface area contributed by atoms with Crippen molar-refractivity contribution < 1.29 is 14.6 Å². The third-order valence-corrected chi connectivity index (χ3v) is 1.61. The van der Waals surface area contributed by atoms with Crippen molar-refractivity contribution in [2.75, 3.05) is 5.43 Å². The van der Waals surface area contributed by atoms with Gasteiger partial charge < -0.3 is 0 Å². The number of carbonyl (C=O) groups excluding carboxylic acids is 1. The number of non-ortho nitro benzene ring substituents is 1. The van der Waals surface area contributed by atoms with Crippen molar-refractivity contribution in [2.45, 2.75) is 0 Å². The van der Waals surface area contributed by atoms with Gasteiger partial charge in [0.15, 0.2) is 0 Å². The van der Waals surface area contributed by atoms with E-state index in [0.29, 0.717) is 0 Å². The molecule has 0 amide bonds. The normalized spacial score (nSPS) is 9.00. The van der Waals surface area contributed by atoms with Crippen molar-refractivity contribution in [3.05, 3.63) is 38.4 Å². The molecule has 0 aromatic heterocycles. The number of nitro benzene ring substituents is 2. The van der Waals surface area contributed by atoms with Gasteiger partial charge in [-0.2, -0.15) is 0 Å². The Morgan fingerprint density at radius 1 is 1.25 bits per heavy atom. The van der Waals surface area contributed by atoms with Crippen LogP contribution in [0.5, 0.6) is 0 Å². The molecule has 1 N–H and O–H groups in total. The van der Waals surface area contributed by atoms with Gasteiger partial charge in [-0.15, -0.1) is 0 Å². The molecule has 0 saturated heterocycles. The summed E-state index contributed by atoms with van der Waals surface area (Å²) >= 11 is 0. The van der Waals surface area contributed by atoms with Crippen LogP contribution in [0.2, 0.25) is 0 Å². The molecule has 0 spiro atoms. The molecule has 1 aromatic rings. The van der Waals surface area contributed by atoms with Gasteiger partial charge in [-0.25, -0.2) is 4.79 Å². The van der Waals surface area contributed by atoms with E-state index in [1.807, 2.05) is 5.43 Å². The molecule has 0 aliphatic heterocycles. The third-order valence-electron chi connectivity index (χ3n) is 1.61. The van der Waals surface area contributed by atoms with Crippen LogP contribution < -0.4 is 5.43 Å². The predicted molar refractivity (Wildman–Crippen MR) is 51.5 cm³/mol. The first-order valence-electron chi connectivity index (χ1n) is 3.82. The Labute approximate surface area is 87.7 Å². The predicted octanol–water partition coefficient (Wildman–Crippen LogP) is 1.17. The second-order valence-electron chi connectivity index (χ2n) is 2.53. The van der Waals surface area contributed by atoms with Crippen molar-refractivity contribution in [3.8, 4) is 0 Å². The lowest BCUT2D eigenvalue weighted by atomic mass is 10.2. The van der Waals surface area contributed by atoms with Crippen molar-refractivity contribution in [1.82, 2.24) is 0 Å². The Morgan fingerprint density at radius 2 is 1.94 bits per heavy atom. The third kappa shape index (κ3) is 2.36. The number of nitro groups is 2. The maximum absolute atomic E-state index is 10.6. The van der Waals surface area contributed by atoms with Gasteiger partial charge in [0.25, 0.3) is 11.8 Å². The Kier molecular flexibility index (Phi) is 3.26. The SMILES string of the molecule is O=C=NNc1ccc([N+](=O)[O-])cc1[N+](=O)[O-]. The largest absolute Gasteiger partial charge is 0.301 e. The van der Waals surface area contributed by atoms with Crippen LogP contribution in [0.4, 0.5) is 17.1 Å². The molecule has 82 valence electrons. The minimum absolute atomic E-state index is 0.126. The molecule has 1 rings (SSSR count). The summed E-state index contributed by atoms with van der Waals surface area (Å²) in [4.78, 5) is 29.2. The van der Waals surface area contributed by atoms with Crippen molar-refractivity contribution in [2.24, 2.45) is 5.10 Å². The van der Waals surface area contributed by atoms with Crippen molar-refractivity contribution >= 4 is 23.1 Å². The molecule has 0 saturated carbocycles. The van der Waals surface area contributed by atoms with Gasteiger partial charge in [0.05, 0.1) is 15.9 Å². The molecule has 9 heteroatoms. The number of nitrogens with zero attached hydrogens (tertiary/aromatic N) is 3. The Morgan fingerprint density at radius 3 is 2.44 bits per heavy atom. The highest BCUT2D eigenvalue weighted by Crippen LogP contribution is 2.28. The monoisotopic (exact) mass is 224 g/mol. The molecule has 9 nitrogen and oxygen atoms in total.